The van der Waals surface area contributed by atoms with Crippen molar-refractivity contribution in [2.45, 2.75) is 26.9 Å². The number of benzene rings is 1. The molecule has 1 aliphatic heterocycles. The summed E-state index contributed by atoms with van der Waals surface area (Å²) in [5.41, 5.74) is 4.14. The molecule has 3 heterocycles. The van der Waals surface area contributed by atoms with E-state index in [1.807, 2.05) is 30.5 Å². The van der Waals surface area contributed by atoms with E-state index in [1.54, 1.807) is 16.2 Å². The molecule has 116 valence electrons. The Bertz CT molecular complexity index is 903. The van der Waals surface area contributed by atoms with Crippen molar-refractivity contribution < 1.29 is 9.53 Å². The Labute approximate surface area is 138 Å². The minimum atomic E-state index is -0.331. The van der Waals surface area contributed by atoms with Gasteiger partial charge in [-0.05, 0) is 42.5 Å². The van der Waals surface area contributed by atoms with Crippen LogP contribution in [0, 0.1) is 13.8 Å². The summed E-state index contributed by atoms with van der Waals surface area (Å²) in [6.45, 7) is 5.20. The maximum Gasteiger partial charge on any atom is 0.417 e. The molecule has 2 aromatic heterocycles. The van der Waals surface area contributed by atoms with Crippen LogP contribution in [0.5, 0.6) is 5.88 Å². The summed E-state index contributed by atoms with van der Waals surface area (Å²) in [6, 6.07) is 10.3. The molecule has 0 aliphatic carbocycles. The minimum absolute atomic E-state index is 0.331. The molecular formula is C18H16N2O2S. The molecule has 0 radical (unpaired) electrons. The first kappa shape index (κ1) is 14.2. The number of hydrogen-bond acceptors (Lipinski definition) is 4. The van der Waals surface area contributed by atoms with E-state index in [-0.39, 0.29) is 6.09 Å². The van der Waals surface area contributed by atoms with Crippen LogP contribution < -0.4 is 4.74 Å². The van der Waals surface area contributed by atoms with E-state index in [2.05, 4.69) is 24.0 Å². The van der Waals surface area contributed by atoms with Crippen LogP contribution >= 0.6 is 11.3 Å². The average Bonchev–Trinajstić information content (AvgIpc) is 3.04. The third kappa shape index (κ3) is 2.47. The highest BCUT2D eigenvalue weighted by Gasteiger charge is 2.27. The van der Waals surface area contributed by atoms with Gasteiger partial charge < -0.3 is 4.74 Å². The lowest BCUT2D eigenvalue weighted by atomic mass is 10.0. The van der Waals surface area contributed by atoms with Crippen molar-refractivity contribution in [3.05, 3.63) is 57.3 Å². The lowest BCUT2D eigenvalue weighted by Gasteiger charge is -2.27. The number of thiophene rings is 1. The van der Waals surface area contributed by atoms with Gasteiger partial charge in [-0.25, -0.2) is 9.78 Å². The number of hydrogen-bond donors (Lipinski definition) is 0. The standard InChI is InChI=1S/C18H16N2O2S/c1-11-5-6-12(2)16-15(11)8-13-9-20(10-14-4-3-7-23-14)18(21)22-17(13)19-16/h3-8H,9-10H2,1-2H3. The Hall–Kier alpha value is -2.40. The molecule has 0 saturated heterocycles. The number of rotatable bonds is 2. The monoisotopic (exact) mass is 324 g/mol. The molecular weight excluding hydrogens is 308 g/mol. The van der Waals surface area contributed by atoms with Gasteiger partial charge in [-0.1, -0.05) is 18.2 Å². The van der Waals surface area contributed by atoms with Crippen LogP contribution in [0.4, 0.5) is 4.79 Å². The number of aryl methyl sites for hydroxylation is 2. The summed E-state index contributed by atoms with van der Waals surface area (Å²) in [7, 11) is 0. The van der Waals surface area contributed by atoms with Gasteiger partial charge >= 0.3 is 6.09 Å². The highest BCUT2D eigenvalue weighted by molar-refractivity contribution is 7.09. The largest absolute Gasteiger partial charge is 0.417 e. The third-order valence-electron chi connectivity index (χ3n) is 4.17. The number of ether oxygens (including phenoxy) is 1. The molecule has 0 fully saturated rings. The van der Waals surface area contributed by atoms with Gasteiger partial charge in [0.15, 0.2) is 0 Å². The van der Waals surface area contributed by atoms with Gasteiger partial charge in [0.2, 0.25) is 5.88 Å². The lowest BCUT2D eigenvalue weighted by molar-refractivity contribution is 0.133. The summed E-state index contributed by atoms with van der Waals surface area (Å²) < 4.78 is 5.48. The maximum absolute atomic E-state index is 12.2. The molecule has 5 heteroatoms. The number of carbonyl (C=O) groups excluding carboxylic acids is 1. The van der Waals surface area contributed by atoms with Gasteiger partial charge in [0, 0.05) is 15.8 Å². The van der Waals surface area contributed by atoms with E-state index in [1.165, 1.54) is 5.56 Å². The quantitative estimate of drug-likeness (QED) is 0.700. The second-order valence-corrected chi connectivity index (χ2v) is 6.88. The molecule has 4 rings (SSSR count). The number of pyridine rings is 1. The van der Waals surface area contributed by atoms with Crippen LogP contribution in [0.25, 0.3) is 10.9 Å². The van der Waals surface area contributed by atoms with E-state index >= 15 is 0 Å². The zero-order valence-electron chi connectivity index (χ0n) is 13.0. The highest BCUT2D eigenvalue weighted by Crippen LogP contribution is 2.31. The van der Waals surface area contributed by atoms with Gasteiger partial charge in [-0.15, -0.1) is 11.3 Å². The number of fused-ring (bicyclic) bond motifs is 2. The molecule has 4 nitrogen and oxygen atoms in total. The average molecular weight is 324 g/mol. The van der Waals surface area contributed by atoms with Crippen molar-refractivity contribution >= 4 is 28.3 Å². The molecule has 0 N–H and O–H groups in total. The van der Waals surface area contributed by atoms with Crippen LogP contribution in [0.1, 0.15) is 21.6 Å². The fourth-order valence-electron chi connectivity index (χ4n) is 2.89. The lowest BCUT2D eigenvalue weighted by Crippen LogP contribution is -2.36. The molecule has 3 aromatic rings. The topological polar surface area (TPSA) is 42.4 Å². The van der Waals surface area contributed by atoms with Crippen molar-refractivity contribution in [2.24, 2.45) is 0 Å². The second kappa shape index (κ2) is 5.35. The SMILES string of the molecule is Cc1ccc(C)c2nc3c(cc12)CN(Cc1cccs1)C(=O)O3. The molecule has 1 amide bonds. The van der Waals surface area contributed by atoms with E-state index in [4.69, 9.17) is 4.74 Å². The van der Waals surface area contributed by atoms with Crippen LogP contribution in [-0.2, 0) is 13.1 Å². The van der Waals surface area contributed by atoms with Crippen molar-refractivity contribution in [2.75, 3.05) is 0 Å². The molecule has 1 aliphatic rings. The second-order valence-electron chi connectivity index (χ2n) is 5.85. The van der Waals surface area contributed by atoms with E-state index < -0.39 is 0 Å². The molecule has 0 bridgehead atoms. The van der Waals surface area contributed by atoms with Gasteiger partial charge in [0.25, 0.3) is 0 Å². The van der Waals surface area contributed by atoms with Crippen LogP contribution in [0.15, 0.2) is 35.7 Å². The van der Waals surface area contributed by atoms with Gasteiger partial charge in [0.05, 0.1) is 18.6 Å². The first-order valence-corrected chi connectivity index (χ1v) is 8.39. The number of carbonyl (C=O) groups is 1. The Morgan fingerprint density at radius 2 is 2.09 bits per heavy atom. The molecule has 23 heavy (non-hydrogen) atoms. The molecule has 0 spiro atoms. The number of amides is 1. The Morgan fingerprint density at radius 3 is 2.87 bits per heavy atom. The zero-order chi connectivity index (χ0) is 16.0. The van der Waals surface area contributed by atoms with E-state index in [0.29, 0.717) is 19.0 Å². The summed E-state index contributed by atoms with van der Waals surface area (Å²) in [6.07, 6.45) is -0.331. The maximum atomic E-state index is 12.2. The fourth-order valence-corrected chi connectivity index (χ4v) is 3.61. The number of aromatic nitrogens is 1. The summed E-state index contributed by atoms with van der Waals surface area (Å²) in [5, 5.41) is 3.14. The van der Waals surface area contributed by atoms with Crippen LogP contribution in [0.3, 0.4) is 0 Å². The van der Waals surface area contributed by atoms with Crippen LogP contribution in [-0.4, -0.2) is 16.0 Å². The Morgan fingerprint density at radius 1 is 1.26 bits per heavy atom. The van der Waals surface area contributed by atoms with Gasteiger partial charge in [-0.2, -0.15) is 0 Å². The summed E-state index contributed by atoms with van der Waals surface area (Å²) in [5.74, 6) is 0.443. The molecule has 0 unspecified atom stereocenters. The van der Waals surface area contributed by atoms with Gasteiger partial charge in [-0.3, -0.25) is 4.90 Å². The van der Waals surface area contributed by atoms with Crippen molar-refractivity contribution in [3.8, 4) is 5.88 Å². The normalized spacial score (nSPS) is 14.0. The van der Waals surface area contributed by atoms with E-state index in [9.17, 15) is 4.79 Å². The minimum Gasteiger partial charge on any atom is -0.391 e. The van der Waals surface area contributed by atoms with Crippen LogP contribution in [0.2, 0.25) is 0 Å². The van der Waals surface area contributed by atoms with Crippen molar-refractivity contribution in [1.82, 2.24) is 9.88 Å². The first-order chi connectivity index (χ1) is 11.1. The van der Waals surface area contributed by atoms with Crippen molar-refractivity contribution in [3.63, 3.8) is 0 Å². The Balaban J connectivity index is 1.75. The number of nitrogens with zero attached hydrogens (tertiary/aromatic N) is 2. The first-order valence-electron chi connectivity index (χ1n) is 7.51. The van der Waals surface area contributed by atoms with E-state index in [0.717, 1.165) is 26.9 Å². The molecule has 0 saturated carbocycles. The zero-order valence-corrected chi connectivity index (χ0v) is 13.8. The third-order valence-corrected chi connectivity index (χ3v) is 5.03. The predicted octanol–water partition coefficient (Wildman–Crippen LogP) is 4.43. The summed E-state index contributed by atoms with van der Waals surface area (Å²) in [4.78, 5) is 19.7. The summed E-state index contributed by atoms with van der Waals surface area (Å²) >= 11 is 1.64. The Kier molecular flexibility index (Phi) is 3.31. The molecule has 0 atom stereocenters. The highest BCUT2D eigenvalue weighted by atomic mass is 32.1. The fraction of sp³-hybridized carbons (Fsp3) is 0.222. The predicted molar refractivity (Wildman–Crippen MR) is 90.8 cm³/mol. The smallest absolute Gasteiger partial charge is 0.391 e. The molecule has 1 aromatic carbocycles. The van der Waals surface area contributed by atoms with Crippen molar-refractivity contribution in [1.29, 1.82) is 0 Å². The van der Waals surface area contributed by atoms with Gasteiger partial charge in [0.1, 0.15) is 0 Å².